The molecule has 1 aromatic heterocycles. The van der Waals surface area contributed by atoms with Gasteiger partial charge in [-0.05, 0) is 74.3 Å². The Labute approximate surface area is 197 Å². The zero-order chi connectivity index (χ0) is 23.5. The first-order valence-electron chi connectivity index (χ1n) is 12.6. The van der Waals surface area contributed by atoms with E-state index in [2.05, 4.69) is 56.3 Å². The Kier molecular flexibility index (Phi) is 5.51. The van der Waals surface area contributed by atoms with Crippen LogP contribution in [0.25, 0.3) is 16.5 Å². The van der Waals surface area contributed by atoms with Crippen molar-refractivity contribution < 1.29 is 9.59 Å². The van der Waals surface area contributed by atoms with Crippen LogP contribution in [0.5, 0.6) is 0 Å². The monoisotopic (exact) mass is 447 g/mol. The topological polar surface area (TPSA) is 45.6 Å². The summed E-state index contributed by atoms with van der Waals surface area (Å²) in [6.45, 7) is 10.8. The molecule has 2 aromatic rings. The molecule has 0 saturated heterocycles. The molecule has 5 nitrogen and oxygen atoms in total. The normalized spacial score (nSPS) is 28.8. The largest absolute Gasteiger partial charge is 0.343 e. The number of hydrogen-bond acceptors (Lipinski definition) is 3. The van der Waals surface area contributed by atoms with Crippen LogP contribution in [-0.2, 0) is 11.2 Å². The second-order valence-electron chi connectivity index (χ2n) is 10.8. The zero-order valence-corrected chi connectivity index (χ0v) is 20.7. The third kappa shape index (κ3) is 3.47. The molecule has 3 aliphatic rings. The number of hydrogen-bond donors (Lipinski definition) is 0. The second kappa shape index (κ2) is 8.12. The Hall–Kier alpha value is -2.40. The maximum Gasteiger partial charge on any atom is 0.231 e. The van der Waals surface area contributed by atoms with E-state index in [-0.39, 0.29) is 29.2 Å². The van der Waals surface area contributed by atoms with Gasteiger partial charge in [0.2, 0.25) is 11.8 Å². The molecule has 0 radical (unpaired) electrons. The van der Waals surface area contributed by atoms with E-state index in [0.29, 0.717) is 12.3 Å². The molecule has 1 aliphatic heterocycles. The maximum atomic E-state index is 13.4. The van der Waals surface area contributed by atoms with E-state index in [1.807, 2.05) is 23.3 Å². The summed E-state index contributed by atoms with van der Waals surface area (Å²) < 4.78 is 1.92. The van der Waals surface area contributed by atoms with Crippen molar-refractivity contribution in [3.05, 3.63) is 41.6 Å². The van der Waals surface area contributed by atoms with Crippen molar-refractivity contribution in [2.75, 3.05) is 26.7 Å². The van der Waals surface area contributed by atoms with Gasteiger partial charge in [-0.15, -0.1) is 0 Å². The summed E-state index contributed by atoms with van der Waals surface area (Å²) in [5.41, 5.74) is 4.83. The molecule has 5 heteroatoms. The number of benzene rings is 1. The average molecular weight is 448 g/mol. The lowest BCUT2D eigenvalue weighted by atomic mass is 9.60. The minimum atomic E-state index is -0.123. The number of carbonyl (C=O) groups is 2. The summed E-state index contributed by atoms with van der Waals surface area (Å²) in [7, 11) is 2.13. The van der Waals surface area contributed by atoms with Crippen LogP contribution < -0.4 is 0 Å². The van der Waals surface area contributed by atoms with Crippen molar-refractivity contribution in [2.45, 2.75) is 59.4 Å². The molecular formula is C28H37N3O2. The number of amides is 1. The molecular weight excluding hydrogens is 410 g/mol. The van der Waals surface area contributed by atoms with E-state index >= 15 is 0 Å². The van der Waals surface area contributed by atoms with Crippen LogP contribution in [0.3, 0.4) is 0 Å². The van der Waals surface area contributed by atoms with Gasteiger partial charge in [-0.1, -0.05) is 32.1 Å². The van der Waals surface area contributed by atoms with E-state index in [0.717, 1.165) is 38.0 Å². The van der Waals surface area contributed by atoms with Gasteiger partial charge in [-0.25, -0.2) is 0 Å². The summed E-state index contributed by atoms with van der Waals surface area (Å²) in [5, 5.41) is 1.20. The number of likely N-dealkylation sites (N-methyl/N-ethyl adjacent to an activating group) is 1. The molecule has 1 aromatic carbocycles. The number of fused-ring (bicyclic) bond motifs is 2. The first kappa shape index (κ1) is 22.4. The van der Waals surface area contributed by atoms with Gasteiger partial charge in [0.15, 0.2) is 0 Å². The van der Waals surface area contributed by atoms with Crippen molar-refractivity contribution in [1.29, 1.82) is 0 Å². The zero-order valence-electron chi connectivity index (χ0n) is 20.7. The fraction of sp³-hybridized carbons (Fsp3) is 0.571. The van der Waals surface area contributed by atoms with Crippen molar-refractivity contribution >= 4 is 28.3 Å². The van der Waals surface area contributed by atoms with Gasteiger partial charge in [0, 0.05) is 43.7 Å². The molecule has 5 rings (SSSR count). The van der Waals surface area contributed by atoms with E-state index in [9.17, 15) is 9.59 Å². The third-order valence-corrected chi connectivity index (χ3v) is 8.94. The van der Waals surface area contributed by atoms with Gasteiger partial charge >= 0.3 is 0 Å². The second-order valence-corrected chi connectivity index (χ2v) is 10.8. The Morgan fingerprint density at radius 3 is 2.61 bits per heavy atom. The first-order valence-corrected chi connectivity index (χ1v) is 12.6. The summed E-state index contributed by atoms with van der Waals surface area (Å²) >= 11 is 0. The summed E-state index contributed by atoms with van der Waals surface area (Å²) in [4.78, 5) is 30.8. The Balaban J connectivity index is 1.54. The number of aromatic nitrogens is 1. The van der Waals surface area contributed by atoms with Gasteiger partial charge in [0.05, 0.1) is 11.4 Å². The van der Waals surface area contributed by atoms with Crippen molar-refractivity contribution in [3.8, 4) is 0 Å². The highest BCUT2D eigenvalue weighted by atomic mass is 16.2. The van der Waals surface area contributed by atoms with Crippen molar-refractivity contribution in [1.82, 2.24) is 14.4 Å². The molecule has 0 spiro atoms. The van der Waals surface area contributed by atoms with Gasteiger partial charge < -0.3 is 4.90 Å². The lowest BCUT2D eigenvalue weighted by molar-refractivity contribution is -0.134. The van der Waals surface area contributed by atoms with E-state index in [1.54, 1.807) is 0 Å². The van der Waals surface area contributed by atoms with Crippen LogP contribution in [0, 0.1) is 17.3 Å². The Morgan fingerprint density at radius 2 is 1.97 bits per heavy atom. The fourth-order valence-electron chi connectivity index (χ4n) is 6.31. The van der Waals surface area contributed by atoms with Crippen LogP contribution in [-0.4, -0.2) is 58.9 Å². The van der Waals surface area contributed by atoms with E-state index in [1.165, 1.54) is 28.5 Å². The third-order valence-electron chi connectivity index (χ3n) is 8.94. The molecule has 33 heavy (non-hydrogen) atoms. The van der Waals surface area contributed by atoms with Crippen molar-refractivity contribution in [3.63, 3.8) is 0 Å². The molecule has 1 saturated carbocycles. The minimum absolute atomic E-state index is 0.123. The van der Waals surface area contributed by atoms with Crippen LogP contribution in [0.4, 0.5) is 0 Å². The molecule has 1 amide bonds. The maximum absolute atomic E-state index is 13.4. The Morgan fingerprint density at radius 1 is 1.21 bits per heavy atom. The van der Waals surface area contributed by atoms with Gasteiger partial charge in [-0.3, -0.25) is 19.1 Å². The highest BCUT2D eigenvalue weighted by Gasteiger charge is 2.42. The van der Waals surface area contributed by atoms with E-state index < -0.39 is 0 Å². The highest BCUT2D eigenvalue weighted by molar-refractivity contribution is 6.03. The highest BCUT2D eigenvalue weighted by Crippen LogP contribution is 2.49. The SMILES string of the molecule is CCN(CC)C(=O)[C@@H]1C=C2c3cccc4c3c(cn4C(=O)CC3(C)CCC3C)C[C@H]2N(C)C1. The number of nitrogens with zero attached hydrogens (tertiary/aromatic N) is 3. The predicted octanol–water partition coefficient (Wildman–Crippen LogP) is 4.85. The lowest BCUT2D eigenvalue weighted by Crippen LogP contribution is -2.47. The molecule has 176 valence electrons. The summed E-state index contributed by atoms with van der Waals surface area (Å²) in [6.07, 6.45) is 8.17. The molecule has 1 fully saturated rings. The Bertz CT molecular complexity index is 1140. The molecule has 2 unspecified atom stereocenters. The lowest BCUT2D eigenvalue weighted by Gasteiger charge is -2.45. The standard InChI is InChI=1S/C28H37N3O2/c1-6-30(7-2)27(33)20-13-22-21-9-8-10-23-26(21)19(14-24(22)29(5)16-20)17-31(23)25(32)15-28(4)12-11-18(28)3/h8-10,13,17-18,20,24H,6-7,11-12,14-16H2,1-5H3/t18?,20-,24-,28?/m1/s1. The van der Waals surface area contributed by atoms with Gasteiger partial charge in [-0.2, -0.15) is 0 Å². The van der Waals surface area contributed by atoms with Crippen LogP contribution >= 0.6 is 0 Å². The molecule has 4 atom stereocenters. The first-order chi connectivity index (χ1) is 15.8. The molecule has 0 N–H and O–H groups in total. The van der Waals surface area contributed by atoms with Crippen LogP contribution in [0.2, 0.25) is 0 Å². The van der Waals surface area contributed by atoms with E-state index in [4.69, 9.17) is 0 Å². The minimum Gasteiger partial charge on any atom is -0.343 e. The van der Waals surface area contributed by atoms with Gasteiger partial charge in [0.1, 0.15) is 0 Å². The quantitative estimate of drug-likeness (QED) is 0.658. The molecule has 0 bridgehead atoms. The smallest absolute Gasteiger partial charge is 0.231 e. The number of carbonyl (C=O) groups excluding carboxylic acids is 2. The van der Waals surface area contributed by atoms with Crippen molar-refractivity contribution in [2.24, 2.45) is 17.3 Å². The summed E-state index contributed by atoms with van der Waals surface area (Å²) in [6, 6.07) is 6.57. The number of rotatable bonds is 5. The predicted molar refractivity (Wildman–Crippen MR) is 133 cm³/mol. The average Bonchev–Trinajstić information content (AvgIpc) is 3.19. The summed E-state index contributed by atoms with van der Waals surface area (Å²) in [5.74, 6) is 0.906. The van der Waals surface area contributed by atoms with Crippen LogP contribution in [0.15, 0.2) is 30.5 Å². The molecule has 2 aliphatic carbocycles. The molecule has 2 heterocycles. The van der Waals surface area contributed by atoms with Crippen LogP contribution in [0.1, 0.15) is 62.9 Å². The fourth-order valence-corrected chi connectivity index (χ4v) is 6.31. The van der Waals surface area contributed by atoms with Gasteiger partial charge in [0.25, 0.3) is 0 Å².